The molecule has 1 fully saturated rings. The molecule has 0 saturated heterocycles. The number of carbonyl (C=O) groups is 1. The van der Waals surface area contributed by atoms with Crippen molar-refractivity contribution >= 4 is 5.78 Å². The van der Waals surface area contributed by atoms with Gasteiger partial charge < -0.3 is 0 Å². The highest BCUT2D eigenvalue weighted by atomic mass is 16.1. The molecule has 1 aromatic rings. The molecule has 0 N–H and O–H groups in total. The third-order valence-corrected chi connectivity index (χ3v) is 2.64. The van der Waals surface area contributed by atoms with Gasteiger partial charge in [0.1, 0.15) is 5.78 Å². The first-order valence-corrected chi connectivity index (χ1v) is 4.78. The number of nitrogens with zero attached hydrogens (tertiary/aromatic N) is 1. The Morgan fingerprint density at radius 2 is 2.38 bits per heavy atom. The number of pyridine rings is 1. The molecule has 1 unspecified atom stereocenters. The van der Waals surface area contributed by atoms with E-state index in [2.05, 4.69) is 11.1 Å². The van der Waals surface area contributed by atoms with Crippen LogP contribution in [-0.4, -0.2) is 10.8 Å². The molecule has 1 aliphatic rings. The predicted molar refractivity (Wildman–Crippen MR) is 50.5 cm³/mol. The summed E-state index contributed by atoms with van der Waals surface area (Å²) in [6.07, 6.45) is 7.32. The standard InChI is InChI=1S/C11H13NO/c13-11-5-1-3-9(7-11)10-4-2-6-12-8-10/h2,4,6,8-9H,1,3,5,7H2. The molecule has 13 heavy (non-hydrogen) atoms. The Labute approximate surface area is 78.0 Å². The van der Waals surface area contributed by atoms with Crippen LogP contribution in [0.3, 0.4) is 0 Å². The van der Waals surface area contributed by atoms with Crippen LogP contribution in [0.1, 0.15) is 37.2 Å². The van der Waals surface area contributed by atoms with Gasteiger partial charge in [0.15, 0.2) is 0 Å². The fourth-order valence-electron chi connectivity index (χ4n) is 1.93. The second-order valence-corrected chi connectivity index (χ2v) is 3.62. The summed E-state index contributed by atoms with van der Waals surface area (Å²) in [6, 6.07) is 4.00. The Kier molecular flexibility index (Phi) is 2.39. The lowest BCUT2D eigenvalue weighted by Crippen LogP contribution is -2.13. The van der Waals surface area contributed by atoms with Crippen LogP contribution in [0, 0.1) is 0 Å². The van der Waals surface area contributed by atoms with E-state index in [9.17, 15) is 4.79 Å². The summed E-state index contributed by atoms with van der Waals surface area (Å²) in [6.45, 7) is 0. The third-order valence-electron chi connectivity index (χ3n) is 2.64. The molecular weight excluding hydrogens is 162 g/mol. The molecule has 1 aromatic heterocycles. The van der Waals surface area contributed by atoms with Crippen LogP contribution in [0.2, 0.25) is 0 Å². The minimum atomic E-state index is 0.403. The lowest BCUT2D eigenvalue weighted by molar-refractivity contribution is -0.120. The highest BCUT2D eigenvalue weighted by Gasteiger charge is 2.20. The summed E-state index contributed by atoms with van der Waals surface area (Å²) in [5.74, 6) is 0.829. The first-order chi connectivity index (χ1) is 6.36. The average Bonchev–Trinajstić information content (AvgIpc) is 2.19. The largest absolute Gasteiger partial charge is 0.300 e. The molecule has 68 valence electrons. The number of carbonyl (C=O) groups excluding carboxylic acids is 1. The summed E-state index contributed by atoms with van der Waals surface area (Å²) < 4.78 is 0. The van der Waals surface area contributed by atoms with Crippen molar-refractivity contribution in [3.05, 3.63) is 30.1 Å². The first-order valence-electron chi connectivity index (χ1n) is 4.78. The molecule has 2 heteroatoms. The molecule has 1 heterocycles. The predicted octanol–water partition coefficient (Wildman–Crippen LogP) is 2.31. The SMILES string of the molecule is O=C1CCCC(c2cccnc2)C1. The van der Waals surface area contributed by atoms with Crippen molar-refractivity contribution in [1.82, 2.24) is 4.98 Å². The maximum Gasteiger partial charge on any atom is 0.133 e. The van der Waals surface area contributed by atoms with Gasteiger partial charge in [-0.3, -0.25) is 9.78 Å². The zero-order chi connectivity index (χ0) is 9.10. The van der Waals surface area contributed by atoms with Gasteiger partial charge in [-0.25, -0.2) is 0 Å². The maximum atomic E-state index is 11.2. The zero-order valence-corrected chi connectivity index (χ0v) is 7.57. The molecule has 0 radical (unpaired) electrons. The van der Waals surface area contributed by atoms with Crippen molar-refractivity contribution in [1.29, 1.82) is 0 Å². The quantitative estimate of drug-likeness (QED) is 0.655. The lowest BCUT2D eigenvalue weighted by atomic mass is 9.84. The third kappa shape index (κ3) is 1.94. The highest BCUT2D eigenvalue weighted by molar-refractivity contribution is 5.80. The highest BCUT2D eigenvalue weighted by Crippen LogP contribution is 2.29. The Bertz CT molecular complexity index is 294. The van der Waals surface area contributed by atoms with Crippen molar-refractivity contribution in [2.45, 2.75) is 31.6 Å². The first kappa shape index (κ1) is 8.42. The lowest BCUT2D eigenvalue weighted by Gasteiger charge is -2.20. The molecule has 0 spiro atoms. The minimum Gasteiger partial charge on any atom is -0.300 e. The van der Waals surface area contributed by atoms with Gasteiger partial charge in [-0.15, -0.1) is 0 Å². The Morgan fingerprint density at radius 1 is 1.46 bits per heavy atom. The summed E-state index contributed by atoms with van der Waals surface area (Å²) >= 11 is 0. The van der Waals surface area contributed by atoms with Gasteiger partial charge >= 0.3 is 0 Å². The van der Waals surface area contributed by atoms with E-state index < -0.39 is 0 Å². The number of ketones is 1. The van der Waals surface area contributed by atoms with Gasteiger partial charge in [0.25, 0.3) is 0 Å². The van der Waals surface area contributed by atoms with E-state index in [1.807, 2.05) is 12.3 Å². The van der Waals surface area contributed by atoms with Crippen LogP contribution in [0.4, 0.5) is 0 Å². The summed E-state index contributed by atoms with van der Waals surface area (Å²) in [7, 11) is 0. The van der Waals surface area contributed by atoms with Crippen LogP contribution in [0.15, 0.2) is 24.5 Å². The van der Waals surface area contributed by atoms with Gasteiger partial charge in [-0.1, -0.05) is 6.07 Å². The summed E-state index contributed by atoms with van der Waals surface area (Å²) in [4.78, 5) is 15.3. The van der Waals surface area contributed by atoms with Crippen molar-refractivity contribution in [2.24, 2.45) is 0 Å². The van der Waals surface area contributed by atoms with Crippen LogP contribution >= 0.6 is 0 Å². The van der Waals surface area contributed by atoms with E-state index in [0.29, 0.717) is 18.1 Å². The molecule has 2 nitrogen and oxygen atoms in total. The molecular formula is C11H13NO. The maximum absolute atomic E-state index is 11.2. The fourth-order valence-corrected chi connectivity index (χ4v) is 1.93. The minimum absolute atomic E-state index is 0.403. The second kappa shape index (κ2) is 3.69. The van der Waals surface area contributed by atoms with E-state index in [1.165, 1.54) is 5.56 Å². The van der Waals surface area contributed by atoms with Crippen LogP contribution in [0.5, 0.6) is 0 Å². The summed E-state index contributed by atoms with van der Waals surface area (Å²) in [5.41, 5.74) is 1.22. The van der Waals surface area contributed by atoms with E-state index in [0.717, 1.165) is 19.3 Å². The van der Waals surface area contributed by atoms with Crippen molar-refractivity contribution < 1.29 is 4.79 Å². The van der Waals surface area contributed by atoms with E-state index in [4.69, 9.17) is 0 Å². The molecule has 0 bridgehead atoms. The summed E-state index contributed by atoms with van der Waals surface area (Å²) in [5, 5.41) is 0. The zero-order valence-electron chi connectivity index (χ0n) is 7.57. The average molecular weight is 175 g/mol. The fraction of sp³-hybridized carbons (Fsp3) is 0.455. The van der Waals surface area contributed by atoms with E-state index in [1.54, 1.807) is 6.20 Å². The molecule has 0 aliphatic heterocycles. The number of hydrogen-bond donors (Lipinski definition) is 0. The van der Waals surface area contributed by atoms with Crippen molar-refractivity contribution in [3.63, 3.8) is 0 Å². The van der Waals surface area contributed by atoms with Crippen molar-refractivity contribution in [3.8, 4) is 0 Å². The van der Waals surface area contributed by atoms with Crippen LogP contribution in [0.25, 0.3) is 0 Å². The molecule has 1 saturated carbocycles. The van der Waals surface area contributed by atoms with Crippen molar-refractivity contribution in [2.75, 3.05) is 0 Å². The number of hydrogen-bond acceptors (Lipinski definition) is 2. The molecule has 1 aliphatic carbocycles. The van der Waals surface area contributed by atoms with Crippen LogP contribution < -0.4 is 0 Å². The molecule has 0 aromatic carbocycles. The molecule has 0 amide bonds. The smallest absolute Gasteiger partial charge is 0.133 e. The van der Waals surface area contributed by atoms with Gasteiger partial charge in [0.05, 0.1) is 0 Å². The molecule has 1 atom stereocenters. The number of rotatable bonds is 1. The Hall–Kier alpha value is -1.18. The topological polar surface area (TPSA) is 30.0 Å². The van der Waals surface area contributed by atoms with E-state index >= 15 is 0 Å². The second-order valence-electron chi connectivity index (χ2n) is 3.62. The van der Waals surface area contributed by atoms with Gasteiger partial charge in [0.2, 0.25) is 0 Å². The van der Waals surface area contributed by atoms with E-state index in [-0.39, 0.29) is 0 Å². The molecule has 2 rings (SSSR count). The number of Topliss-reactive ketones (excluding diaryl/α,β-unsaturated/α-hetero) is 1. The monoisotopic (exact) mass is 175 g/mol. The Morgan fingerprint density at radius 3 is 3.08 bits per heavy atom. The van der Waals surface area contributed by atoms with Gasteiger partial charge in [0, 0.05) is 25.2 Å². The van der Waals surface area contributed by atoms with Gasteiger partial charge in [-0.05, 0) is 30.4 Å². The van der Waals surface area contributed by atoms with Crippen LogP contribution in [-0.2, 0) is 4.79 Å². The number of aromatic nitrogens is 1. The van der Waals surface area contributed by atoms with Gasteiger partial charge in [-0.2, -0.15) is 0 Å². The normalized spacial score (nSPS) is 23.1. The Balaban J connectivity index is 2.13.